The summed E-state index contributed by atoms with van der Waals surface area (Å²) in [7, 11) is 0. The van der Waals surface area contributed by atoms with Crippen molar-refractivity contribution in [2.75, 3.05) is 16.0 Å². The molecule has 39 heavy (non-hydrogen) atoms. The molecule has 5 heteroatoms. The summed E-state index contributed by atoms with van der Waals surface area (Å²) >= 11 is 0. The SMILES string of the molecule is Cc1cc(N(Cc2ccc(C=CC(=O)Nc3ccccc3N)cc2)Cc2cc3ccccc3[nH]2)cc(C)c1C. The molecule has 0 unspecified atom stereocenters. The zero-order valence-corrected chi connectivity index (χ0v) is 22.7. The summed E-state index contributed by atoms with van der Waals surface area (Å²) in [6.07, 6.45) is 3.34. The van der Waals surface area contributed by atoms with Crippen molar-refractivity contribution in [1.82, 2.24) is 4.98 Å². The van der Waals surface area contributed by atoms with Crippen LogP contribution in [0.4, 0.5) is 17.1 Å². The van der Waals surface area contributed by atoms with Crippen molar-refractivity contribution >= 4 is 39.9 Å². The number of para-hydroxylation sites is 3. The molecule has 0 saturated heterocycles. The van der Waals surface area contributed by atoms with E-state index in [2.05, 4.69) is 90.6 Å². The van der Waals surface area contributed by atoms with Crippen LogP contribution in [0.1, 0.15) is 33.5 Å². The van der Waals surface area contributed by atoms with E-state index in [1.165, 1.54) is 45.1 Å². The third-order valence-electron chi connectivity index (χ3n) is 7.22. The minimum Gasteiger partial charge on any atom is -0.397 e. The quantitative estimate of drug-likeness (QED) is 0.148. The molecule has 5 nitrogen and oxygen atoms in total. The molecule has 0 spiro atoms. The number of aromatic amines is 1. The molecular weight excluding hydrogens is 480 g/mol. The lowest BCUT2D eigenvalue weighted by Crippen LogP contribution is -2.22. The molecule has 0 aliphatic rings. The summed E-state index contributed by atoms with van der Waals surface area (Å²) in [4.78, 5) is 18.4. The predicted molar refractivity (Wildman–Crippen MR) is 164 cm³/mol. The summed E-state index contributed by atoms with van der Waals surface area (Å²) in [6.45, 7) is 8.06. The highest BCUT2D eigenvalue weighted by molar-refractivity contribution is 6.03. The number of nitrogens with two attached hydrogens (primary N) is 1. The number of carbonyl (C=O) groups excluding carboxylic acids is 1. The number of anilines is 3. The van der Waals surface area contributed by atoms with Gasteiger partial charge < -0.3 is 20.9 Å². The van der Waals surface area contributed by atoms with Gasteiger partial charge in [0.05, 0.1) is 17.9 Å². The molecule has 1 heterocycles. The molecule has 4 N–H and O–H groups in total. The molecule has 4 aromatic carbocycles. The molecule has 0 radical (unpaired) electrons. The van der Waals surface area contributed by atoms with Gasteiger partial charge in [0.1, 0.15) is 0 Å². The normalized spacial score (nSPS) is 11.3. The Kier molecular flexibility index (Phi) is 7.50. The van der Waals surface area contributed by atoms with Crippen LogP contribution in [0.15, 0.2) is 97.1 Å². The van der Waals surface area contributed by atoms with Gasteiger partial charge in [0.15, 0.2) is 0 Å². The number of aromatic nitrogens is 1. The van der Waals surface area contributed by atoms with Gasteiger partial charge in [-0.25, -0.2) is 0 Å². The molecular formula is C34H34N4O. The number of nitrogens with zero attached hydrogens (tertiary/aromatic N) is 1. The Bertz CT molecular complexity index is 1590. The van der Waals surface area contributed by atoms with Gasteiger partial charge >= 0.3 is 0 Å². The summed E-state index contributed by atoms with van der Waals surface area (Å²) in [5.41, 5.74) is 16.7. The fourth-order valence-corrected chi connectivity index (χ4v) is 4.77. The highest BCUT2D eigenvalue weighted by atomic mass is 16.1. The van der Waals surface area contributed by atoms with Crippen LogP contribution in [-0.4, -0.2) is 10.9 Å². The summed E-state index contributed by atoms with van der Waals surface area (Å²) in [5.74, 6) is -0.216. The standard InChI is InChI=1S/C34H34N4O/c1-23-18-30(19-24(2)25(23)3)38(22-29-20-28-8-4-6-10-32(28)36-29)21-27-14-12-26(13-15-27)16-17-34(39)37-33-11-7-5-9-31(33)35/h4-20,36H,21-22,35H2,1-3H3,(H,37,39). The maximum Gasteiger partial charge on any atom is 0.248 e. The smallest absolute Gasteiger partial charge is 0.248 e. The first-order valence-corrected chi connectivity index (χ1v) is 13.2. The van der Waals surface area contributed by atoms with Crippen LogP contribution in [0.25, 0.3) is 17.0 Å². The third-order valence-corrected chi connectivity index (χ3v) is 7.22. The molecule has 0 saturated carbocycles. The number of nitrogens with one attached hydrogen (secondary N) is 2. The maximum absolute atomic E-state index is 12.4. The molecule has 0 bridgehead atoms. The van der Waals surface area contributed by atoms with Crippen LogP contribution >= 0.6 is 0 Å². The molecule has 0 aliphatic heterocycles. The van der Waals surface area contributed by atoms with Gasteiger partial charge in [-0.15, -0.1) is 0 Å². The molecule has 1 amide bonds. The highest BCUT2D eigenvalue weighted by Crippen LogP contribution is 2.27. The van der Waals surface area contributed by atoms with Crippen molar-refractivity contribution in [3.8, 4) is 0 Å². The predicted octanol–water partition coefficient (Wildman–Crippen LogP) is 7.53. The van der Waals surface area contributed by atoms with E-state index in [0.717, 1.165) is 24.2 Å². The Hall–Kier alpha value is -4.77. The van der Waals surface area contributed by atoms with E-state index in [1.807, 2.05) is 30.3 Å². The van der Waals surface area contributed by atoms with Gasteiger partial charge in [-0.3, -0.25) is 4.79 Å². The van der Waals surface area contributed by atoms with E-state index in [1.54, 1.807) is 12.1 Å². The first-order chi connectivity index (χ1) is 18.9. The summed E-state index contributed by atoms with van der Waals surface area (Å²) in [6, 6.07) is 30.7. The van der Waals surface area contributed by atoms with Crippen LogP contribution in [0.2, 0.25) is 0 Å². The van der Waals surface area contributed by atoms with Crippen molar-refractivity contribution in [3.63, 3.8) is 0 Å². The lowest BCUT2D eigenvalue weighted by molar-refractivity contribution is -0.111. The molecule has 5 rings (SSSR count). The third kappa shape index (κ3) is 6.21. The number of rotatable bonds is 8. The maximum atomic E-state index is 12.4. The minimum absolute atomic E-state index is 0.216. The summed E-state index contributed by atoms with van der Waals surface area (Å²) in [5, 5.41) is 4.04. The zero-order chi connectivity index (χ0) is 27.4. The topological polar surface area (TPSA) is 74.2 Å². The second-order valence-electron chi connectivity index (χ2n) is 10.1. The van der Waals surface area contributed by atoms with E-state index < -0.39 is 0 Å². The number of benzene rings is 4. The lowest BCUT2D eigenvalue weighted by Gasteiger charge is -2.26. The van der Waals surface area contributed by atoms with E-state index >= 15 is 0 Å². The Morgan fingerprint density at radius 3 is 2.28 bits per heavy atom. The van der Waals surface area contributed by atoms with E-state index in [-0.39, 0.29) is 5.91 Å². The average molecular weight is 515 g/mol. The van der Waals surface area contributed by atoms with Gasteiger partial charge in [-0.1, -0.05) is 54.6 Å². The average Bonchev–Trinajstić information content (AvgIpc) is 3.34. The first-order valence-electron chi connectivity index (χ1n) is 13.2. The Labute approximate surface area is 230 Å². The van der Waals surface area contributed by atoms with Crippen molar-refractivity contribution in [2.45, 2.75) is 33.9 Å². The Morgan fingerprint density at radius 2 is 1.56 bits per heavy atom. The minimum atomic E-state index is -0.216. The number of fused-ring (bicyclic) bond motifs is 1. The monoisotopic (exact) mass is 514 g/mol. The number of H-pyrrole nitrogens is 1. The van der Waals surface area contributed by atoms with Gasteiger partial charge in [-0.05, 0) is 96.4 Å². The molecule has 196 valence electrons. The van der Waals surface area contributed by atoms with E-state index in [0.29, 0.717) is 11.4 Å². The van der Waals surface area contributed by atoms with Crippen molar-refractivity contribution in [1.29, 1.82) is 0 Å². The van der Waals surface area contributed by atoms with Crippen LogP contribution in [0, 0.1) is 20.8 Å². The van der Waals surface area contributed by atoms with Crippen molar-refractivity contribution in [2.24, 2.45) is 0 Å². The van der Waals surface area contributed by atoms with E-state index in [9.17, 15) is 4.79 Å². The number of carbonyl (C=O) groups is 1. The number of hydrogen-bond acceptors (Lipinski definition) is 3. The Balaban J connectivity index is 1.33. The van der Waals surface area contributed by atoms with Crippen molar-refractivity contribution in [3.05, 3.63) is 131 Å². The van der Waals surface area contributed by atoms with E-state index in [4.69, 9.17) is 5.73 Å². The molecule has 1 aromatic heterocycles. The lowest BCUT2D eigenvalue weighted by atomic mass is 10.0. The van der Waals surface area contributed by atoms with Gasteiger partial charge in [0.2, 0.25) is 5.91 Å². The van der Waals surface area contributed by atoms with Gasteiger partial charge in [0, 0.05) is 29.5 Å². The first kappa shape index (κ1) is 25.9. The number of nitrogen functional groups attached to an aromatic ring is 1. The van der Waals surface area contributed by atoms with Crippen LogP contribution < -0.4 is 16.0 Å². The summed E-state index contributed by atoms with van der Waals surface area (Å²) < 4.78 is 0. The van der Waals surface area contributed by atoms with Crippen LogP contribution in [0.5, 0.6) is 0 Å². The largest absolute Gasteiger partial charge is 0.397 e. The van der Waals surface area contributed by atoms with Crippen LogP contribution in [0.3, 0.4) is 0 Å². The number of hydrogen-bond donors (Lipinski definition) is 3. The second-order valence-corrected chi connectivity index (χ2v) is 10.1. The fourth-order valence-electron chi connectivity index (χ4n) is 4.77. The zero-order valence-electron chi connectivity index (χ0n) is 22.7. The highest BCUT2D eigenvalue weighted by Gasteiger charge is 2.13. The number of aryl methyl sites for hydroxylation is 2. The fraction of sp³-hybridized carbons (Fsp3) is 0.147. The molecule has 0 fully saturated rings. The van der Waals surface area contributed by atoms with Crippen molar-refractivity contribution < 1.29 is 4.79 Å². The number of amides is 1. The molecule has 0 aliphatic carbocycles. The Morgan fingerprint density at radius 1 is 0.872 bits per heavy atom. The molecule has 5 aromatic rings. The second kappa shape index (κ2) is 11.3. The van der Waals surface area contributed by atoms with Gasteiger partial charge in [-0.2, -0.15) is 0 Å². The van der Waals surface area contributed by atoms with Crippen LogP contribution in [-0.2, 0) is 17.9 Å². The molecule has 0 atom stereocenters. The van der Waals surface area contributed by atoms with Gasteiger partial charge in [0.25, 0.3) is 0 Å².